The summed E-state index contributed by atoms with van der Waals surface area (Å²) in [7, 11) is -1.31. The Bertz CT molecular complexity index is 1240. The number of rotatable bonds is 8. The lowest BCUT2D eigenvalue weighted by Crippen LogP contribution is -2.38. The number of sulfonamides is 1. The van der Waals surface area contributed by atoms with Crippen molar-refractivity contribution in [1.29, 1.82) is 0 Å². The van der Waals surface area contributed by atoms with Crippen LogP contribution in [0.3, 0.4) is 0 Å². The Labute approximate surface area is 192 Å². The molecule has 0 aliphatic rings. The van der Waals surface area contributed by atoms with Crippen LogP contribution in [-0.2, 0) is 19.6 Å². The van der Waals surface area contributed by atoms with E-state index in [2.05, 4.69) is 5.32 Å². The van der Waals surface area contributed by atoms with Gasteiger partial charge >= 0.3 is 5.97 Å². The van der Waals surface area contributed by atoms with Gasteiger partial charge in [0.05, 0.1) is 30.4 Å². The molecule has 0 spiro atoms. The Morgan fingerprint density at radius 2 is 1.61 bits per heavy atom. The molecule has 172 valence electrons. The van der Waals surface area contributed by atoms with Gasteiger partial charge in [-0.15, -0.1) is 0 Å². The molecule has 0 saturated heterocycles. The zero-order valence-corrected chi connectivity index (χ0v) is 19.3. The van der Waals surface area contributed by atoms with Gasteiger partial charge in [-0.3, -0.25) is 9.10 Å². The van der Waals surface area contributed by atoms with Gasteiger partial charge in [-0.2, -0.15) is 0 Å². The monoisotopic (exact) mass is 468 g/mol. The van der Waals surface area contributed by atoms with E-state index in [1.54, 1.807) is 49.4 Å². The fourth-order valence-electron chi connectivity index (χ4n) is 3.11. The highest BCUT2D eigenvalue weighted by Crippen LogP contribution is 2.25. The van der Waals surface area contributed by atoms with Gasteiger partial charge in [0.15, 0.2) is 0 Å². The average molecular weight is 469 g/mol. The number of anilines is 2. The van der Waals surface area contributed by atoms with E-state index >= 15 is 0 Å². The smallest absolute Gasteiger partial charge is 0.337 e. The second-order valence-electron chi connectivity index (χ2n) is 7.09. The molecular formula is C24H24N2O6S. The molecule has 0 unspecified atom stereocenters. The quantitative estimate of drug-likeness (QED) is 0.507. The molecule has 0 radical (unpaired) electrons. The molecule has 3 aromatic carbocycles. The summed E-state index contributed by atoms with van der Waals surface area (Å²) >= 11 is 0. The van der Waals surface area contributed by atoms with Crippen LogP contribution in [0.25, 0.3) is 0 Å². The van der Waals surface area contributed by atoms with Gasteiger partial charge < -0.3 is 14.8 Å². The minimum absolute atomic E-state index is 0.0174. The summed E-state index contributed by atoms with van der Waals surface area (Å²) in [4.78, 5) is 24.8. The van der Waals surface area contributed by atoms with Crippen molar-refractivity contribution in [3.05, 3.63) is 83.9 Å². The lowest BCUT2D eigenvalue weighted by Gasteiger charge is -2.24. The minimum Gasteiger partial charge on any atom is -0.497 e. The van der Waals surface area contributed by atoms with Crippen LogP contribution in [0.1, 0.15) is 15.9 Å². The number of carbonyl (C=O) groups excluding carboxylic acids is 2. The Kier molecular flexibility index (Phi) is 7.34. The van der Waals surface area contributed by atoms with Crippen molar-refractivity contribution in [3.8, 4) is 5.75 Å². The Hall–Kier alpha value is -3.85. The lowest BCUT2D eigenvalue weighted by atomic mass is 10.1. The SMILES string of the molecule is COC(=O)c1ccc(C)c(NC(=O)CN(c2ccccc2)S(=O)(=O)c2ccc(OC)cc2)c1. The van der Waals surface area contributed by atoms with Crippen molar-refractivity contribution >= 4 is 33.3 Å². The van der Waals surface area contributed by atoms with E-state index in [1.165, 1.54) is 44.6 Å². The van der Waals surface area contributed by atoms with Gasteiger partial charge in [0.2, 0.25) is 5.91 Å². The maximum atomic E-state index is 13.4. The summed E-state index contributed by atoms with van der Waals surface area (Å²) in [6.07, 6.45) is 0. The van der Waals surface area contributed by atoms with Gasteiger partial charge in [-0.1, -0.05) is 24.3 Å². The number of methoxy groups -OCH3 is 2. The molecular weight excluding hydrogens is 444 g/mol. The van der Waals surface area contributed by atoms with Crippen LogP contribution in [0.15, 0.2) is 77.7 Å². The Morgan fingerprint density at radius 3 is 2.21 bits per heavy atom. The number of hydrogen-bond acceptors (Lipinski definition) is 6. The largest absolute Gasteiger partial charge is 0.497 e. The molecule has 3 aromatic rings. The zero-order chi connectivity index (χ0) is 24.0. The fraction of sp³-hybridized carbons (Fsp3) is 0.167. The van der Waals surface area contributed by atoms with Gasteiger partial charge in [0.1, 0.15) is 12.3 Å². The van der Waals surface area contributed by atoms with Crippen LogP contribution in [0.4, 0.5) is 11.4 Å². The van der Waals surface area contributed by atoms with E-state index in [0.29, 0.717) is 22.7 Å². The third-order valence-corrected chi connectivity index (χ3v) is 6.70. The van der Waals surface area contributed by atoms with Crippen molar-refractivity contribution in [2.75, 3.05) is 30.4 Å². The molecule has 9 heteroatoms. The standard InChI is InChI=1S/C24H24N2O6S/c1-17-9-10-18(24(28)32-3)15-22(17)25-23(27)16-26(19-7-5-4-6-8-19)33(29,30)21-13-11-20(31-2)12-14-21/h4-15H,16H2,1-3H3,(H,25,27). The number of ether oxygens (including phenoxy) is 2. The van der Waals surface area contributed by atoms with Gasteiger partial charge in [-0.05, 0) is 61.0 Å². The van der Waals surface area contributed by atoms with Crippen LogP contribution in [0, 0.1) is 6.92 Å². The first kappa shape index (κ1) is 23.8. The van der Waals surface area contributed by atoms with Crippen LogP contribution in [-0.4, -0.2) is 41.1 Å². The van der Waals surface area contributed by atoms with E-state index in [-0.39, 0.29) is 10.5 Å². The molecule has 0 fully saturated rings. The highest BCUT2D eigenvalue weighted by Gasteiger charge is 2.27. The number of aryl methyl sites for hydroxylation is 1. The van der Waals surface area contributed by atoms with Crippen molar-refractivity contribution in [2.24, 2.45) is 0 Å². The number of benzene rings is 3. The Morgan fingerprint density at radius 1 is 0.939 bits per heavy atom. The summed E-state index contributed by atoms with van der Waals surface area (Å²) in [6, 6.07) is 19.0. The van der Waals surface area contributed by atoms with Crippen LogP contribution in [0.5, 0.6) is 5.75 Å². The third kappa shape index (κ3) is 5.50. The van der Waals surface area contributed by atoms with Crippen LogP contribution in [0.2, 0.25) is 0 Å². The maximum Gasteiger partial charge on any atom is 0.337 e. The number of esters is 1. The zero-order valence-electron chi connectivity index (χ0n) is 18.4. The van der Waals surface area contributed by atoms with E-state index in [4.69, 9.17) is 9.47 Å². The molecule has 0 heterocycles. The van der Waals surface area contributed by atoms with E-state index < -0.39 is 28.4 Å². The molecule has 0 bridgehead atoms. The molecule has 0 atom stereocenters. The first-order valence-electron chi connectivity index (χ1n) is 9.97. The van der Waals surface area contributed by atoms with E-state index in [9.17, 15) is 18.0 Å². The number of amides is 1. The van der Waals surface area contributed by atoms with Crippen molar-refractivity contribution in [1.82, 2.24) is 0 Å². The van der Waals surface area contributed by atoms with Crippen molar-refractivity contribution in [2.45, 2.75) is 11.8 Å². The summed E-state index contributed by atoms with van der Waals surface area (Å²) in [5.41, 5.74) is 1.70. The number of carbonyl (C=O) groups is 2. The van der Waals surface area contributed by atoms with Gasteiger partial charge in [0.25, 0.3) is 10.0 Å². The second kappa shape index (κ2) is 10.2. The normalized spacial score (nSPS) is 10.9. The number of nitrogens with zero attached hydrogens (tertiary/aromatic N) is 1. The minimum atomic E-state index is -4.06. The molecule has 1 amide bonds. The first-order chi connectivity index (χ1) is 15.8. The topological polar surface area (TPSA) is 102 Å². The number of hydrogen-bond donors (Lipinski definition) is 1. The fourth-order valence-corrected chi connectivity index (χ4v) is 4.53. The van der Waals surface area contributed by atoms with Gasteiger partial charge in [-0.25, -0.2) is 13.2 Å². The summed E-state index contributed by atoms with van der Waals surface area (Å²) in [6.45, 7) is 1.29. The van der Waals surface area contributed by atoms with E-state index in [1.807, 2.05) is 0 Å². The highest BCUT2D eigenvalue weighted by atomic mass is 32.2. The van der Waals surface area contributed by atoms with Gasteiger partial charge in [0, 0.05) is 5.69 Å². The summed E-state index contributed by atoms with van der Waals surface area (Å²) < 4.78 is 37.7. The molecule has 0 saturated carbocycles. The van der Waals surface area contributed by atoms with Crippen LogP contribution >= 0.6 is 0 Å². The lowest BCUT2D eigenvalue weighted by molar-refractivity contribution is -0.114. The average Bonchev–Trinajstić information content (AvgIpc) is 2.83. The molecule has 0 aliphatic carbocycles. The predicted molar refractivity (Wildman–Crippen MR) is 125 cm³/mol. The molecule has 0 aromatic heterocycles. The van der Waals surface area contributed by atoms with Crippen molar-refractivity contribution in [3.63, 3.8) is 0 Å². The third-order valence-electron chi connectivity index (χ3n) is 4.91. The molecule has 8 nitrogen and oxygen atoms in total. The van der Waals surface area contributed by atoms with Crippen molar-refractivity contribution < 1.29 is 27.5 Å². The van der Waals surface area contributed by atoms with E-state index in [0.717, 1.165) is 4.31 Å². The number of para-hydroxylation sites is 1. The number of nitrogens with one attached hydrogen (secondary N) is 1. The first-order valence-corrected chi connectivity index (χ1v) is 11.4. The predicted octanol–water partition coefficient (Wildman–Crippen LogP) is 3.62. The molecule has 33 heavy (non-hydrogen) atoms. The van der Waals surface area contributed by atoms with Crippen LogP contribution < -0.4 is 14.4 Å². The molecule has 3 rings (SSSR count). The summed E-state index contributed by atoms with van der Waals surface area (Å²) in [5.74, 6) is -0.599. The maximum absolute atomic E-state index is 13.4. The summed E-state index contributed by atoms with van der Waals surface area (Å²) in [5, 5.41) is 2.70. The second-order valence-corrected chi connectivity index (χ2v) is 8.95. The molecule has 1 N–H and O–H groups in total. The molecule has 0 aliphatic heterocycles. The highest BCUT2D eigenvalue weighted by molar-refractivity contribution is 7.92. The Balaban J connectivity index is 1.92.